The van der Waals surface area contributed by atoms with Crippen molar-refractivity contribution in [3.63, 3.8) is 0 Å². The van der Waals surface area contributed by atoms with Crippen LogP contribution in [0.1, 0.15) is 33.6 Å². The van der Waals surface area contributed by atoms with Crippen molar-refractivity contribution in [3.8, 4) is 11.3 Å². The van der Waals surface area contributed by atoms with Crippen LogP contribution in [-0.4, -0.2) is 49.6 Å². The second-order valence-corrected chi connectivity index (χ2v) is 10.9. The summed E-state index contributed by atoms with van der Waals surface area (Å²) in [7, 11) is 1.89. The summed E-state index contributed by atoms with van der Waals surface area (Å²) in [6, 6.07) is 13.4. The van der Waals surface area contributed by atoms with E-state index in [0.29, 0.717) is 36.1 Å². The molecular weight excluding hydrogens is 530 g/mol. The Morgan fingerprint density at radius 1 is 1.12 bits per heavy atom. The Hall–Kier alpha value is -5.03. The fourth-order valence-corrected chi connectivity index (χ4v) is 5.83. The Balaban J connectivity index is 1.20. The second-order valence-electron chi connectivity index (χ2n) is 10.9. The van der Waals surface area contributed by atoms with Gasteiger partial charge >= 0.3 is 0 Å². The summed E-state index contributed by atoms with van der Waals surface area (Å²) in [5, 5.41) is 14.9. The zero-order chi connectivity index (χ0) is 29.0. The lowest BCUT2D eigenvalue weighted by atomic mass is 10.1. The number of hydrogen-bond donors (Lipinski definition) is 4. The fraction of sp³-hybridized carbons (Fsp3) is 0.258. The third-order valence-electron chi connectivity index (χ3n) is 8.22. The largest absolute Gasteiger partial charge is 0.359 e. The maximum absolute atomic E-state index is 13.7. The number of nitrogens with zero attached hydrogens (tertiary/aromatic N) is 5. The van der Waals surface area contributed by atoms with Gasteiger partial charge in [0, 0.05) is 65.5 Å². The molecule has 2 aromatic carbocycles. The summed E-state index contributed by atoms with van der Waals surface area (Å²) in [5.74, 6) is 0.959. The number of amides is 2. The molecule has 1 unspecified atom stereocenters. The Morgan fingerprint density at radius 3 is 2.76 bits per heavy atom. The Morgan fingerprint density at radius 2 is 1.98 bits per heavy atom. The molecule has 212 valence electrons. The van der Waals surface area contributed by atoms with Crippen molar-refractivity contribution in [1.29, 1.82) is 0 Å². The molecule has 0 aliphatic carbocycles. The highest BCUT2D eigenvalue weighted by Crippen LogP contribution is 2.39. The smallest absolute Gasteiger partial charge is 0.259 e. The maximum atomic E-state index is 13.7. The first-order valence-electron chi connectivity index (χ1n) is 14.0. The van der Waals surface area contributed by atoms with Crippen LogP contribution >= 0.6 is 0 Å². The number of carbonyl (C=O) groups excluding carboxylic acids is 2. The Kier molecular flexibility index (Phi) is 6.23. The maximum Gasteiger partial charge on any atom is 0.259 e. The second kappa shape index (κ2) is 10.1. The van der Waals surface area contributed by atoms with E-state index in [1.807, 2.05) is 69.6 Å². The van der Waals surface area contributed by atoms with Gasteiger partial charge in [-0.25, -0.2) is 9.97 Å². The lowest BCUT2D eigenvalue weighted by Crippen LogP contribution is -2.25. The molecule has 11 heteroatoms. The van der Waals surface area contributed by atoms with Crippen LogP contribution in [0, 0.1) is 19.8 Å². The zero-order valence-electron chi connectivity index (χ0n) is 23.7. The van der Waals surface area contributed by atoms with Crippen molar-refractivity contribution >= 4 is 45.9 Å². The molecule has 1 atom stereocenters. The van der Waals surface area contributed by atoms with Crippen LogP contribution < -0.4 is 20.9 Å². The average molecular weight is 562 g/mol. The van der Waals surface area contributed by atoms with E-state index >= 15 is 0 Å². The first-order chi connectivity index (χ1) is 20.4. The monoisotopic (exact) mass is 561 g/mol. The third-order valence-corrected chi connectivity index (χ3v) is 8.22. The van der Waals surface area contributed by atoms with Crippen LogP contribution in [0.2, 0.25) is 0 Å². The molecule has 7 rings (SSSR count). The van der Waals surface area contributed by atoms with E-state index in [2.05, 4.69) is 31.0 Å². The summed E-state index contributed by atoms with van der Waals surface area (Å²) in [4.78, 5) is 41.0. The minimum Gasteiger partial charge on any atom is -0.359 e. The van der Waals surface area contributed by atoms with Gasteiger partial charge in [-0.1, -0.05) is 18.2 Å². The number of rotatable bonds is 6. The van der Waals surface area contributed by atoms with Gasteiger partial charge in [-0.05, 0) is 50.6 Å². The molecular formula is C31H31N9O2. The molecule has 2 amide bonds. The van der Waals surface area contributed by atoms with Crippen LogP contribution in [0.4, 0.5) is 23.1 Å². The number of nitrogens with one attached hydrogen (secondary N) is 4. The minimum absolute atomic E-state index is 0.0114. The average Bonchev–Trinajstić information content (AvgIpc) is 3.78. The number of aryl methyl sites for hydroxylation is 3. The van der Waals surface area contributed by atoms with E-state index in [9.17, 15) is 9.59 Å². The third kappa shape index (κ3) is 4.38. The zero-order valence-corrected chi connectivity index (χ0v) is 23.7. The van der Waals surface area contributed by atoms with Gasteiger partial charge in [-0.15, -0.1) is 0 Å². The number of fused-ring (bicyclic) bond motifs is 2. The number of H-pyrrole nitrogens is 1. The molecule has 1 saturated heterocycles. The first-order valence-corrected chi connectivity index (χ1v) is 14.0. The Bertz CT molecular complexity index is 1850. The van der Waals surface area contributed by atoms with Gasteiger partial charge < -0.3 is 25.8 Å². The van der Waals surface area contributed by atoms with Crippen molar-refractivity contribution < 1.29 is 9.59 Å². The minimum atomic E-state index is -0.0948. The van der Waals surface area contributed by atoms with Gasteiger partial charge in [0.05, 0.1) is 29.4 Å². The topological polar surface area (TPSA) is 133 Å². The fourth-order valence-electron chi connectivity index (χ4n) is 5.83. The summed E-state index contributed by atoms with van der Waals surface area (Å²) in [5.41, 5.74) is 7.38. The van der Waals surface area contributed by atoms with Crippen molar-refractivity contribution in [1.82, 2.24) is 30.0 Å². The molecule has 0 saturated carbocycles. The molecule has 0 radical (unpaired) electrons. The molecule has 2 aliphatic heterocycles. The van der Waals surface area contributed by atoms with E-state index in [1.165, 1.54) is 0 Å². The van der Waals surface area contributed by atoms with E-state index in [0.717, 1.165) is 57.6 Å². The lowest BCUT2D eigenvalue weighted by molar-refractivity contribution is -0.119. The molecule has 3 aromatic heterocycles. The van der Waals surface area contributed by atoms with Crippen LogP contribution in [-0.2, 0) is 18.4 Å². The van der Waals surface area contributed by atoms with Crippen LogP contribution in [0.15, 0.2) is 54.9 Å². The predicted molar refractivity (Wildman–Crippen MR) is 162 cm³/mol. The van der Waals surface area contributed by atoms with Crippen LogP contribution in [0.3, 0.4) is 0 Å². The van der Waals surface area contributed by atoms with E-state index < -0.39 is 0 Å². The summed E-state index contributed by atoms with van der Waals surface area (Å²) in [6.45, 7) is 5.85. The van der Waals surface area contributed by atoms with E-state index in [1.54, 1.807) is 15.8 Å². The highest BCUT2D eigenvalue weighted by molar-refractivity contribution is 6.15. The number of aromatic amines is 1. The highest BCUT2D eigenvalue weighted by atomic mass is 16.2. The van der Waals surface area contributed by atoms with Gasteiger partial charge in [0.25, 0.3) is 5.91 Å². The van der Waals surface area contributed by atoms with E-state index in [-0.39, 0.29) is 17.7 Å². The molecule has 5 aromatic rings. The normalized spacial score (nSPS) is 16.3. The molecule has 0 bridgehead atoms. The van der Waals surface area contributed by atoms with Gasteiger partial charge in [0.1, 0.15) is 0 Å². The molecule has 0 spiro atoms. The van der Waals surface area contributed by atoms with Crippen molar-refractivity contribution in [2.24, 2.45) is 13.0 Å². The lowest BCUT2D eigenvalue weighted by Gasteiger charge is -2.17. The molecule has 1 fully saturated rings. The van der Waals surface area contributed by atoms with Crippen molar-refractivity contribution in [2.45, 2.75) is 26.8 Å². The Labute approximate surface area is 242 Å². The van der Waals surface area contributed by atoms with E-state index in [4.69, 9.17) is 4.98 Å². The summed E-state index contributed by atoms with van der Waals surface area (Å²) in [6.07, 6.45) is 4.53. The van der Waals surface area contributed by atoms with Crippen molar-refractivity contribution in [3.05, 3.63) is 77.2 Å². The quantitative estimate of drug-likeness (QED) is 0.241. The first kappa shape index (κ1) is 25.9. The standard InChI is InChI=1S/C31H31N9O2/c1-17-13-34-31(36-26-12-18(2)39(3)38-26)37-27(17)22-15-33-28-20(22)6-5-9-25(28)40-16-23-21(30(40)42)7-4-8-24(23)35-29(41)19-10-11-32-14-19/h4-9,12-13,15,19,32-33H,10-11,14,16H2,1-3H3,(H,35,41)(H,34,36,37,38). The highest BCUT2D eigenvalue weighted by Gasteiger charge is 2.33. The molecule has 5 heterocycles. The molecule has 11 nitrogen and oxygen atoms in total. The SMILES string of the molecule is Cc1cnc(Nc2cc(C)n(C)n2)nc1-c1c[nH]c2c(N3Cc4c(NC(=O)C5CCNC5)cccc4C3=O)cccc12. The van der Waals surface area contributed by atoms with Crippen molar-refractivity contribution in [2.75, 3.05) is 28.6 Å². The predicted octanol–water partition coefficient (Wildman–Crippen LogP) is 4.43. The summed E-state index contributed by atoms with van der Waals surface area (Å²) >= 11 is 0. The number of hydrogen-bond acceptors (Lipinski definition) is 7. The number of carbonyl (C=O) groups is 2. The van der Waals surface area contributed by atoms with Gasteiger partial charge in [0.2, 0.25) is 11.9 Å². The van der Waals surface area contributed by atoms with Gasteiger partial charge in [-0.3, -0.25) is 14.3 Å². The van der Waals surface area contributed by atoms with Gasteiger partial charge in [-0.2, -0.15) is 5.10 Å². The number of aromatic nitrogens is 5. The van der Waals surface area contributed by atoms with Crippen LogP contribution in [0.5, 0.6) is 0 Å². The summed E-state index contributed by atoms with van der Waals surface area (Å²) < 4.78 is 1.79. The van der Waals surface area contributed by atoms with Crippen LogP contribution in [0.25, 0.3) is 22.2 Å². The molecule has 42 heavy (non-hydrogen) atoms. The number of benzene rings is 2. The number of anilines is 4. The number of para-hydroxylation sites is 1. The molecule has 4 N–H and O–H groups in total. The molecule has 2 aliphatic rings. The van der Waals surface area contributed by atoms with Gasteiger partial charge in [0.15, 0.2) is 5.82 Å².